The van der Waals surface area contributed by atoms with Gasteiger partial charge in [-0.15, -0.1) is 0 Å². The van der Waals surface area contributed by atoms with Gasteiger partial charge < -0.3 is 4.98 Å². The van der Waals surface area contributed by atoms with Crippen LogP contribution in [0.3, 0.4) is 0 Å². The second-order valence-electron chi connectivity index (χ2n) is 3.80. The Bertz CT molecular complexity index is 562. The molecule has 0 amide bonds. The molecule has 0 aliphatic carbocycles. The minimum absolute atomic E-state index is 0.132. The second kappa shape index (κ2) is 4.09. The van der Waals surface area contributed by atoms with Crippen molar-refractivity contribution in [1.82, 2.24) is 9.55 Å². The standard InChI is InChI=1S/C11H12N2O2S/c1-7(2)13-10(14)5-9(12-11(13)15)8-3-4-16-6-8/h3-7H,1-2H3,(H,12,15). The molecule has 0 atom stereocenters. The third-order valence-corrected chi connectivity index (χ3v) is 3.00. The highest BCUT2D eigenvalue weighted by Crippen LogP contribution is 2.17. The summed E-state index contributed by atoms with van der Waals surface area (Å²) in [6, 6.07) is 3.20. The molecule has 0 aromatic carbocycles. The molecule has 0 bridgehead atoms. The summed E-state index contributed by atoms with van der Waals surface area (Å²) in [7, 11) is 0. The fourth-order valence-corrected chi connectivity index (χ4v) is 2.22. The largest absolute Gasteiger partial charge is 0.329 e. The van der Waals surface area contributed by atoms with Crippen LogP contribution >= 0.6 is 11.3 Å². The fourth-order valence-electron chi connectivity index (χ4n) is 1.57. The van der Waals surface area contributed by atoms with Crippen LogP contribution in [0.4, 0.5) is 0 Å². The van der Waals surface area contributed by atoms with Gasteiger partial charge in [0.1, 0.15) is 0 Å². The number of nitrogens with one attached hydrogen (secondary N) is 1. The second-order valence-corrected chi connectivity index (χ2v) is 4.58. The summed E-state index contributed by atoms with van der Waals surface area (Å²) in [6.45, 7) is 3.61. The highest BCUT2D eigenvalue weighted by molar-refractivity contribution is 7.08. The molecule has 1 N–H and O–H groups in total. The number of hydrogen-bond acceptors (Lipinski definition) is 3. The molecule has 0 radical (unpaired) electrons. The minimum Gasteiger partial charge on any atom is -0.307 e. The SMILES string of the molecule is CC(C)n1c(=O)cc(-c2ccsc2)[nH]c1=O. The van der Waals surface area contributed by atoms with Crippen LogP contribution in [0.25, 0.3) is 11.3 Å². The zero-order valence-corrected chi connectivity index (χ0v) is 9.88. The van der Waals surface area contributed by atoms with Crippen molar-refractivity contribution in [2.24, 2.45) is 0 Å². The summed E-state index contributed by atoms with van der Waals surface area (Å²) in [5.74, 6) is 0. The van der Waals surface area contributed by atoms with Crippen molar-refractivity contribution in [1.29, 1.82) is 0 Å². The number of aromatic nitrogens is 2. The van der Waals surface area contributed by atoms with E-state index in [0.29, 0.717) is 5.69 Å². The molecule has 0 fully saturated rings. The van der Waals surface area contributed by atoms with Crippen LogP contribution in [0.2, 0.25) is 0 Å². The Morgan fingerprint density at radius 2 is 2.12 bits per heavy atom. The van der Waals surface area contributed by atoms with Gasteiger partial charge in [-0.05, 0) is 25.3 Å². The van der Waals surface area contributed by atoms with E-state index < -0.39 is 0 Å². The van der Waals surface area contributed by atoms with Crippen LogP contribution < -0.4 is 11.2 Å². The lowest BCUT2D eigenvalue weighted by Crippen LogP contribution is -2.36. The quantitative estimate of drug-likeness (QED) is 0.865. The Kier molecular flexibility index (Phi) is 2.78. The smallest absolute Gasteiger partial charge is 0.307 e. The molecule has 0 spiro atoms. The Labute approximate surface area is 96.2 Å². The van der Waals surface area contributed by atoms with Crippen molar-refractivity contribution in [3.05, 3.63) is 43.7 Å². The summed E-state index contributed by atoms with van der Waals surface area (Å²) in [5, 5.41) is 3.80. The van der Waals surface area contributed by atoms with Crippen molar-refractivity contribution in [2.45, 2.75) is 19.9 Å². The normalized spacial score (nSPS) is 10.9. The molecule has 0 saturated carbocycles. The predicted octanol–water partition coefficient (Wildman–Crippen LogP) is 1.85. The van der Waals surface area contributed by atoms with Gasteiger partial charge in [-0.25, -0.2) is 4.79 Å². The van der Waals surface area contributed by atoms with Crippen LogP contribution in [0.15, 0.2) is 32.5 Å². The number of aromatic amines is 1. The number of rotatable bonds is 2. The van der Waals surface area contributed by atoms with Crippen LogP contribution in [0.5, 0.6) is 0 Å². The van der Waals surface area contributed by atoms with E-state index in [0.717, 1.165) is 5.56 Å². The van der Waals surface area contributed by atoms with Gasteiger partial charge in [0.25, 0.3) is 5.56 Å². The zero-order chi connectivity index (χ0) is 11.7. The van der Waals surface area contributed by atoms with Gasteiger partial charge in [0.15, 0.2) is 0 Å². The van der Waals surface area contributed by atoms with Crippen molar-refractivity contribution >= 4 is 11.3 Å². The number of hydrogen-bond donors (Lipinski definition) is 1. The Morgan fingerprint density at radius 3 is 2.62 bits per heavy atom. The van der Waals surface area contributed by atoms with E-state index in [1.54, 1.807) is 13.8 Å². The van der Waals surface area contributed by atoms with Crippen molar-refractivity contribution in [3.8, 4) is 11.3 Å². The van der Waals surface area contributed by atoms with Crippen molar-refractivity contribution in [2.75, 3.05) is 0 Å². The average molecular weight is 236 g/mol. The van der Waals surface area contributed by atoms with Crippen LogP contribution in [-0.4, -0.2) is 9.55 Å². The first-order valence-corrected chi connectivity index (χ1v) is 5.92. The highest BCUT2D eigenvalue weighted by Gasteiger charge is 2.08. The topological polar surface area (TPSA) is 54.9 Å². The van der Waals surface area contributed by atoms with Gasteiger partial charge in [0, 0.05) is 23.1 Å². The molecule has 0 aliphatic heterocycles. The molecular formula is C11H12N2O2S. The maximum Gasteiger partial charge on any atom is 0.329 e. The van der Waals surface area contributed by atoms with Crippen LogP contribution in [0.1, 0.15) is 19.9 Å². The average Bonchev–Trinajstić information content (AvgIpc) is 2.67. The third-order valence-electron chi connectivity index (χ3n) is 2.31. The first-order chi connectivity index (χ1) is 7.59. The van der Waals surface area contributed by atoms with Gasteiger partial charge in [0.2, 0.25) is 0 Å². The Hall–Kier alpha value is -1.62. The molecule has 2 aromatic rings. The molecule has 5 heteroatoms. The minimum atomic E-state index is -0.358. The summed E-state index contributed by atoms with van der Waals surface area (Å²) in [5.41, 5.74) is 0.826. The van der Waals surface area contributed by atoms with E-state index in [-0.39, 0.29) is 17.3 Å². The lowest BCUT2D eigenvalue weighted by atomic mass is 10.2. The summed E-state index contributed by atoms with van der Waals surface area (Å²) in [6.07, 6.45) is 0. The molecule has 84 valence electrons. The van der Waals surface area contributed by atoms with Gasteiger partial charge in [0.05, 0.1) is 5.69 Å². The van der Waals surface area contributed by atoms with Gasteiger partial charge in [-0.3, -0.25) is 9.36 Å². The molecule has 0 aliphatic rings. The van der Waals surface area contributed by atoms with Crippen molar-refractivity contribution < 1.29 is 0 Å². The Balaban J connectivity index is 2.63. The van der Waals surface area contributed by atoms with Gasteiger partial charge >= 0.3 is 5.69 Å². The van der Waals surface area contributed by atoms with E-state index >= 15 is 0 Å². The monoisotopic (exact) mass is 236 g/mol. The molecule has 2 heterocycles. The number of H-pyrrole nitrogens is 1. The highest BCUT2D eigenvalue weighted by atomic mass is 32.1. The van der Waals surface area contributed by atoms with E-state index in [2.05, 4.69) is 4.98 Å². The first kappa shape index (κ1) is 10.9. The molecule has 4 nitrogen and oxygen atoms in total. The van der Waals surface area contributed by atoms with E-state index in [4.69, 9.17) is 0 Å². The first-order valence-electron chi connectivity index (χ1n) is 4.98. The molecule has 16 heavy (non-hydrogen) atoms. The van der Waals surface area contributed by atoms with Crippen LogP contribution in [-0.2, 0) is 0 Å². The van der Waals surface area contributed by atoms with Gasteiger partial charge in [-0.1, -0.05) is 0 Å². The van der Waals surface area contributed by atoms with E-state index in [1.807, 2.05) is 16.8 Å². The summed E-state index contributed by atoms with van der Waals surface area (Å²) in [4.78, 5) is 26.2. The van der Waals surface area contributed by atoms with E-state index in [9.17, 15) is 9.59 Å². The molecule has 0 unspecified atom stereocenters. The Morgan fingerprint density at radius 1 is 1.38 bits per heavy atom. The van der Waals surface area contributed by atoms with E-state index in [1.165, 1.54) is 22.0 Å². The maximum absolute atomic E-state index is 11.7. The molecular weight excluding hydrogens is 224 g/mol. The molecule has 2 aromatic heterocycles. The number of nitrogens with zero attached hydrogens (tertiary/aromatic N) is 1. The lowest BCUT2D eigenvalue weighted by Gasteiger charge is -2.08. The maximum atomic E-state index is 11.7. The van der Waals surface area contributed by atoms with Gasteiger partial charge in [-0.2, -0.15) is 11.3 Å². The lowest BCUT2D eigenvalue weighted by molar-refractivity contribution is 0.547. The number of thiophene rings is 1. The predicted molar refractivity (Wildman–Crippen MR) is 65.0 cm³/mol. The third kappa shape index (κ3) is 1.86. The van der Waals surface area contributed by atoms with Crippen LogP contribution in [0, 0.1) is 0 Å². The molecule has 2 rings (SSSR count). The zero-order valence-electron chi connectivity index (χ0n) is 9.06. The van der Waals surface area contributed by atoms with Crippen molar-refractivity contribution in [3.63, 3.8) is 0 Å². The summed E-state index contributed by atoms with van der Waals surface area (Å²) < 4.78 is 1.20. The summed E-state index contributed by atoms with van der Waals surface area (Å²) >= 11 is 1.53. The fraction of sp³-hybridized carbons (Fsp3) is 0.273. The molecule has 0 saturated heterocycles.